The summed E-state index contributed by atoms with van der Waals surface area (Å²) in [7, 11) is 5.96. The molecule has 0 aliphatic carbocycles. The van der Waals surface area contributed by atoms with E-state index in [1.165, 1.54) is 161 Å². The number of aliphatic carboxylic acids is 1. The maximum atomic E-state index is 12.9. The van der Waals surface area contributed by atoms with Gasteiger partial charge in [0.2, 0.25) is 0 Å². The molecule has 0 aromatic carbocycles. The summed E-state index contributed by atoms with van der Waals surface area (Å²) in [6, 6.07) is 0. The Kier molecular flexibility index (Phi) is 59.3. The fourth-order valence-electron chi connectivity index (χ4n) is 9.23. The number of carboxylic acids is 1. The molecule has 0 amide bonds. The molecule has 9 heteroatoms. The van der Waals surface area contributed by atoms with Gasteiger partial charge in [-0.15, -0.1) is 0 Å². The van der Waals surface area contributed by atoms with Crippen LogP contribution < -0.4 is 0 Å². The topological polar surface area (TPSA) is 108 Å². The van der Waals surface area contributed by atoms with E-state index in [0.717, 1.165) is 89.9 Å². The van der Waals surface area contributed by atoms with Crippen molar-refractivity contribution in [3.05, 3.63) is 97.2 Å². The zero-order chi connectivity index (χ0) is 59.1. The molecule has 9 nitrogen and oxygen atoms in total. The molecule has 0 spiro atoms. The molecule has 81 heavy (non-hydrogen) atoms. The minimum absolute atomic E-state index is 0.179. The first-order valence-electron chi connectivity index (χ1n) is 33.4. The summed E-state index contributed by atoms with van der Waals surface area (Å²) < 4.78 is 22.9. The number of unbranched alkanes of at least 4 members (excludes halogenated alkanes) is 30. The minimum atomic E-state index is -1.52. The zero-order valence-corrected chi connectivity index (χ0v) is 53.2. The van der Waals surface area contributed by atoms with E-state index in [2.05, 4.69) is 111 Å². The predicted molar refractivity (Wildman–Crippen MR) is 345 cm³/mol. The fraction of sp³-hybridized carbons (Fsp3) is 0.736. The van der Waals surface area contributed by atoms with Gasteiger partial charge in [-0.2, -0.15) is 0 Å². The smallest absolute Gasteiger partial charge is 0.361 e. The fourth-order valence-corrected chi connectivity index (χ4v) is 9.23. The van der Waals surface area contributed by atoms with Crippen molar-refractivity contribution in [1.82, 2.24) is 0 Å². The number of quaternary nitrogens is 1. The van der Waals surface area contributed by atoms with Crippen LogP contribution in [-0.2, 0) is 33.3 Å². The molecule has 0 aliphatic rings. The summed E-state index contributed by atoms with van der Waals surface area (Å²) in [4.78, 5) is 37.5. The molecule has 0 saturated heterocycles. The van der Waals surface area contributed by atoms with E-state index < -0.39 is 24.3 Å². The molecule has 466 valence electrons. The number of hydrogen-bond acceptors (Lipinski definition) is 7. The Morgan fingerprint density at radius 1 is 0.383 bits per heavy atom. The Hall–Kier alpha value is -3.79. The van der Waals surface area contributed by atoms with Gasteiger partial charge in [-0.25, -0.2) is 4.79 Å². The lowest BCUT2D eigenvalue weighted by atomic mass is 10.0. The second-order valence-corrected chi connectivity index (χ2v) is 23.4. The number of allylic oxidation sites excluding steroid dienone is 16. The lowest BCUT2D eigenvalue weighted by Crippen LogP contribution is -2.40. The van der Waals surface area contributed by atoms with Crippen LogP contribution in [0.2, 0.25) is 0 Å². The van der Waals surface area contributed by atoms with Gasteiger partial charge in [-0.3, -0.25) is 9.59 Å². The van der Waals surface area contributed by atoms with Crippen LogP contribution in [0.3, 0.4) is 0 Å². The van der Waals surface area contributed by atoms with Crippen molar-refractivity contribution in [2.24, 2.45) is 0 Å². The molecule has 0 aliphatic heterocycles. The average molecular weight is 1130 g/mol. The van der Waals surface area contributed by atoms with E-state index in [4.69, 9.17) is 18.9 Å². The summed E-state index contributed by atoms with van der Waals surface area (Å²) in [6.45, 7) is 4.74. The van der Waals surface area contributed by atoms with Crippen LogP contribution in [-0.4, -0.2) is 87.4 Å². The van der Waals surface area contributed by atoms with Gasteiger partial charge >= 0.3 is 17.9 Å². The largest absolute Gasteiger partial charge is 0.477 e. The first-order chi connectivity index (χ1) is 39.6. The summed E-state index contributed by atoms with van der Waals surface area (Å²) in [6.07, 6.45) is 82.3. The number of ether oxygens (including phenoxy) is 4. The third-order valence-electron chi connectivity index (χ3n) is 14.3. The number of esters is 2. The Morgan fingerprint density at radius 3 is 1.05 bits per heavy atom. The monoisotopic (exact) mass is 1130 g/mol. The van der Waals surface area contributed by atoms with E-state index in [0.29, 0.717) is 23.9 Å². The van der Waals surface area contributed by atoms with Crippen molar-refractivity contribution in [3.63, 3.8) is 0 Å². The zero-order valence-electron chi connectivity index (χ0n) is 53.2. The number of carbonyl (C=O) groups is 3. The lowest BCUT2D eigenvalue weighted by molar-refractivity contribution is -0.870. The molecule has 2 atom stereocenters. The maximum Gasteiger partial charge on any atom is 0.361 e. The highest BCUT2D eigenvalue weighted by molar-refractivity contribution is 5.71. The van der Waals surface area contributed by atoms with Crippen molar-refractivity contribution in [2.75, 3.05) is 47.5 Å². The lowest BCUT2D eigenvalue weighted by Gasteiger charge is -2.25. The van der Waals surface area contributed by atoms with Gasteiger partial charge in [0, 0.05) is 12.8 Å². The van der Waals surface area contributed by atoms with Gasteiger partial charge in [0.05, 0.1) is 34.4 Å². The Bertz CT molecular complexity index is 1650. The molecule has 2 unspecified atom stereocenters. The molecule has 0 rings (SSSR count). The van der Waals surface area contributed by atoms with Crippen LogP contribution in [0.5, 0.6) is 0 Å². The highest BCUT2D eigenvalue weighted by atomic mass is 16.7. The molecule has 0 radical (unpaired) electrons. The van der Waals surface area contributed by atoms with Crippen LogP contribution in [0.1, 0.15) is 284 Å². The van der Waals surface area contributed by atoms with Gasteiger partial charge in [-0.1, -0.05) is 272 Å². The summed E-state index contributed by atoms with van der Waals surface area (Å²) in [5.74, 6) is -2.04. The standard InChI is InChI=1S/C72H125NO8/c1-6-8-10-12-14-16-18-20-22-24-26-28-30-31-32-33-34-35-36-37-38-39-41-42-44-46-48-50-52-54-56-58-60-62-69(74)79-66-68(67-80-72(71(76)77)78-65-64-73(3,4)5)81-70(75)63-61-59-57-55-53-51-49-47-45-43-40-29-27-25-23-21-19-17-15-13-11-9-7-2/h9,11,15,17-18,20-21,23-24,26-27,29,43,45,49,51,68,72H,6-8,10,12-14,16,19,22,25,28,30-42,44,46-48,50,52-67H2,1-5H3/p+1/b11-9-,17-15-,20-18-,23-21-,26-24-,29-27-,45-43-,51-49-. The van der Waals surface area contributed by atoms with Crippen molar-refractivity contribution >= 4 is 17.9 Å². The number of hydrogen-bond donors (Lipinski definition) is 1. The first-order valence-corrected chi connectivity index (χ1v) is 33.4. The summed E-state index contributed by atoms with van der Waals surface area (Å²) >= 11 is 0. The second-order valence-electron chi connectivity index (χ2n) is 23.4. The quantitative estimate of drug-likeness (QED) is 0.0211. The molecule has 1 N–H and O–H groups in total. The highest BCUT2D eigenvalue weighted by Gasteiger charge is 2.25. The van der Waals surface area contributed by atoms with E-state index in [1.807, 2.05) is 21.1 Å². The highest BCUT2D eigenvalue weighted by Crippen LogP contribution is 2.17. The number of carboxylic acid groups (broad SMARTS) is 1. The number of carbonyl (C=O) groups excluding carboxylic acids is 2. The second kappa shape index (κ2) is 62.3. The number of rotatable bonds is 61. The van der Waals surface area contributed by atoms with E-state index in [9.17, 15) is 19.5 Å². The van der Waals surface area contributed by atoms with Crippen LogP contribution in [0.4, 0.5) is 0 Å². The van der Waals surface area contributed by atoms with Crippen molar-refractivity contribution < 1.29 is 42.9 Å². The van der Waals surface area contributed by atoms with Gasteiger partial charge < -0.3 is 28.5 Å². The van der Waals surface area contributed by atoms with Gasteiger partial charge in [0.15, 0.2) is 6.10 Å². The molecule has 0 bridgehead atoms. The van der Waals surface area contributed by atoms with E-state index in [1.54, 1.807) is 0 Å². The van der Waals surface area contributed by atoms with Gasteiger partial charge in [-0.05, 0) is 96.3 Å². The molecule has 0 heterocycles. The molecular weight excluding hydrogens is 1010 g/mol. The normalized spacial score (nSPS) is 13.3. The third kappa shape index (κ3) is 63.6. The van der Waals surface area contributed by atoms with Gasteiger partial charge in [0.1, 0.15) is 13.2 Å². The Balaban J connectivity index is 4.14. The van der Waals surface area contributed by atoms with Crippen molar-refractivity contribution in [1.29, 1.82) is 0 Å². The maximum absolute atomic E-state index is 12.9. The third-order valence-corrected chi connectivity index (χ3v) is 14.3. The van der Waals surface area contributed by atoms with Crippen LogP contribution in [0.25, 0.3) is 0 Å². The van der Waals surface area contributed by atoms with E-state index >= 15 is 0 Å². The van der Waals surface area contributed by atoms with Crippen LogP contribution in [0, 0.1) is 0 Å². The minimum Gasteiger partial charge on any atom is -0.477 e. The molecular formula is C72H126NO8+. The van der Waals surface area contributed by atoms with E-state index in [-0.39, 0.29) is 32.2 Å². The van der Waals surface area contributed by atoms with Crippen molar-refractivity contribution in [2.45, 2.75) is 296 Å². The number of nitrogens with zero attached hydrogens (tertiary/aromatic N) is 1. The summed E-state index contributed by atoms with van der Waals surface area (Å²) in [5.41, 5.74) is 0. The molecule has 0 aromatic rings. The average Bonchev–Trinajstić information content (AvgIpc) is 3.44. The van der Waals surface area contributed by atoms with Crippen LogP contribution >= 0.6 is 0 Å². The Morgan fingerprint density at radius 2 is 0.704 bits per heavy atom. The van der Waals surface area contributed by atoms with Crippen LogP contribution in [0.15, 0.2) is 97.2 Å². The molecule has 0 fully saturated rings. The van der Waals surface area contributed by atoms with Crippen molar-refractivity contribution in [3.8, 4) is 0 Å². The van der Waals surface area contributed by atoms with Gasteiger partial charge in [0.25, 0.3) is 6.29 Å². The number of likely N-dealkylation sites (N-methyl/N-ethyl adjacent to an activating group) is 1. The molecule has 0 aromatic heterocycles. The predicted octanol–water partition coefficient (Wildman–Crippen LogP) is 20.5. The SMILES string of the molecule is CC/C=C\C/C=C\C/C=C\C/C=C\C/C=C\C/C=C\CCCCCCC(=O)OC(COC(=O)CCCCCCCCCCCCCCCCCCCCCCC/C=C\C/C=C\CCCCCCC)COC(OCC[N+](C)(C)C)C(=O)O. The first kappa shape index (κ1) is 77.2. The molecule has 0 saturated carbocycles. The Labute approximate surface area is 499 Å². The summed E-state index contributed by atoms with van der Waals surface area (Å²) in [5, 5.41) is 9.73.